The predicted molar refractivity (Wildman–Crippen MR) is 126 cm³/mol. The SMILES string of the molecule is CCOc1ccc(-c2nnc([C@H]3C[C@H](NC(=O)c4ccccn4)C3)n2-c2ccc(C)s2)nc1. The van der Waals surface area contributed by atoms with Crippen molar-refractivity contribution < 1.29 is 9.53 Å². The Morgan fingerprint density at radius 1 is 1.15 bits per heavy atom. The summed E-state index contributed by atoms with van der Waals surface area (Å²) < 4.78 is 7.62. The number of thiophene rings is 1. The van der Waals surface area contributed by atoms with Crippen LogP contribution in [0.3, 0.4) is 0 Å². The molecule has 1 saturated carbocycles. The number of carbonyl (C=O) groups excluding carboxylic acids is 1. The fraction of sp³-hybridized carbons (Fsp3) is 0.292. The van der Waals surface area contributed by atoms with Crippen molar-refractivity contribution in [3.05, 3.63) is 71.3 Å². The molecule has 0 aromatic carbocycles. The summed E-state index contributed by atoms with van der Waals surface area (Å²) in [6, 6.07) is 13.4. The zero-order valence-electron chi connectivity index (χ0n) is 18.4. The monoisotopic (exact) mass is 460 g/mol. The molecule has 0 spiro atoms. The Kier molecular flexibility index (Phi) is 5.87. The molecule has 33 heavy (non-hydrogen) atoms. The third-order valence-electron chi connectivity index (χ3n) is 5.65. The molecule has 0 aliphatic heterocycles. The molecule has 1 fully saturated rings. The molecule has 1 aliphatic carbocycles. The second kappa shape index (κ2) is 9.11. The van der Waals surface area contributed by atoms with Gasteiger partial charge in [0.05, 0.1) is 12.8 Å². The Morgan fingerprint density at radius 2 is 2.03 bits per heavy atom. The van der Waals surface area contributed by atoms with Crippen molar-refractivity contribution in [3.63, 3.8) is 0 Å². The van der Waals surface area contributed by atoms with Gasteiger partial charge in [0.15, 0.2) is 5.82 Å². The van der Waals surface area contributed by atoms with Gasteiger partial charge in [0.2, 0.25) is 0 Å². The van der Waals surface area contributed by atoms with Crippen molar-refractivity contribution in [3.8, 4) is 22.3 Å². The zero-order valence-corrected chi connectivity index (χ0v) is 19.2. The van der Waals surface area contributed by atoms with Crippen LogP contribution in [0.2, 0.25) is 0 Å². The maximum Gasteiger partial charge on any atom is 0.270 e. The number of aryl methyl sites for hydroxylation is 1. The lowest BCUT2D eigenvalue weighted by Crippen LogP contribution is -2.44. The lowest BCUT2D eigenvalue weighted by atomic mass is 9.79. The van der Waals surface area contributed by atoms with Gasteiger partial charge in [0.25, 0.3) is 5.91 Å². The largest absolute Gasteiger partial charge is 0.492 e. The summed E-state index contributed by atoms with van der Waals surface area (Å²) in [4.78, 5) is 22.3. The van der Waals surface area contributed by atoms with Gasteiger partial charge in [0.1, 0.15) is 28.0 Å². The van der Waals surface area contributed by atoms with E-state index >= 15 is 0 Å². The average Bonchev–Trinajstić information content (AvgIpc) is 3.43. The normalized spacial score (nSPS) is 17.4. The fourth-order valence-corrected chi connectivity index (χ4v) is 4.83. The summed E-state index contributed by atoms with van der Waals surface area (Å²) in [6.07, 6.45) is 4.94. The van der Waals surface area contributed by atoms with E-state index in [0.717, 1.165) is 35.1 Å². The number of amides is 1. The number of nitrogens with one attached hydrogen (secondary N) is 1. The summed E-state index contributed by atoms with van der Waals surface area (Å²) in [5.74, 6) is 2.38. The standard InChI is InChI=1S/C24H24N6O2S/c1-3-32-18-8-9-19(26-14-18)23-29-28-22(30(23)21-10-7-15(2)33-21)16-12-17(13-16)27-24(31)20-6-4-5-11-25-20/h4-11,14,16-17H,3,12-13H2,1-2H3,(H,27,31)/t16-,17-. The van der Waals surface area contributed by atoms with Gasteiger partial charge in [-0.1, -0.05) is 6.07 Å². The van der Waals surface area contributed by atoms with Crippen LogP contribution in [0.1, 0.15) is 46.9 Å². The predicted octanol–water partition coefficient (Wildman–Crippen LogP) is 4.17. The summed E-state index contributed by atoms with van der Waals surface area (Å²) in [6.45, 7) is 4.62. The fourth-order valence-electron chi connectivity index (χ4n) is 3.95. The number of carbonyl (C=O) groups is 1. The second-order valence-electron chi connectivity index (χ2n) is 7.97. The molecule has 1 N–H and O–H groups in total. The first-order valence-corrected chi connectivity index (χ1v) is 11.8. The molecule has 5 rings (SSSR count). The average molecular weight is 461 g/mol. The lowest BCUT2D eigenvalue weighted by molar-refractivity contribution is 0.0902. The number of rotatable bonds is 7. The number of hydrogen-bond donors (Lipinski definition) is 1. The van der Waals surface area contributed by atoms with Crippen LogP contribution < -0.4 is 10.1 Å². The molecule has 1 aliphatic rings. The first kappa shape index (κ1) is 21.3. The van der Waals surface area contributed by atoms with Crippen LogP contribution in [0.15, 0.2) is 54.9 Å². The Morgan fingerprint density at radius 3 is 2.70 bits per heavy atom. The van der Waals surface area contributed by atoms with E-state index in [2.05, 4.69) is 49.1 Å². The van der Waals surface area contributed by atoms with Crippen LogP contribution in [0.25, 0.3) is 16.5 Å². The number of pyridine rings is 2. The van der Waals surface area contributed by atoms with Crippen LogP contribution in [-0.2, 0) is 0 Å². The van der Waals surface area contributed by atoms with Crippen LogP contribution in [-0.4, -0.2) is 43.3 Å². The molecule has 0 saturated heterocycles. The molecular formula is C24H24N6O2S. The van der Waals surface area contributed by atoms with Crippen molar-refractivity contribution in [1.82, 2.24) is 30.0 Å². The molecule has 1 amide bonds. The van der Waals surface area contributed by atoms with E-state index in [-0.39, 0.29) is 17.9 Å². The Labute approximate surface area is 195 Å². The number of hydrogen-bond acceptors (Lipinski definition) is 7. The number of nitrogens with zero attached hydrogens (tertiary/aromatic N) is 5. The van der Waals surface area contributed by atoms with Gasteiger partial charge in [-0.2, -0.15) is 0 Å². The molecule has 168 valence electrons. The van der Waals surface area contributed by atoms with Crippen LogP contribution in [0.5, 0.6) is 5.75 Å². The summed E-state index contributed by atoms with van der Waals surface area (Å²) in [5.41, 5.74) is 1.17. The Balaban J connectivity index is 1.38. The minimum Gasteiger partial charge on any atom is -0.492 e. The maximum atomic E-state index is 12.4. The lowest BCUT2D eigenvalue weighted by Gasteiger charge is -2.35. The molecule has 4 aromatic rings. The van der Waals surface area contributed by atoms with Crippen LogP contribution in [0, 0.1) is 6.92 Å². The molecule has 0 bridgehead atoms. The van der Waals surface area contributed by atoms with Gasteiger partial charge in [0, 0.05) is 23.0 Å². The number of aromatic nitrogens is 5. The van der Waals surface area contributed by atoms with E-state index in [1.165, 1.54) is 4.88 Å². The van der Waals surface area contributed by atoms with Crippen molar-refractivity contribution in [2.75, 3.05) is 6.61 Å². The highest BCUT2D eigenvalue weighted by Gasteiger charge is 2.36. The summed E-state index contributed by atoms with van der Waals surface area (Å²) in [7, 11) is 0. The highest BCUT2D eigenvalue weighted by atomic mass is 32.1. The molecule has 9 heteroatoms. The topological polar surface area (TPSA) is 94.8 Å². The highest BCUT2D eigenvalue weighted by Crippen LogP contribution is 2.39. The first-order valence-electron chi connectivity index (χ1n) is 11.0. The van der Waals surface area contributed by atoms with Crippen molar-refractivity contribution in [2.24, 2.45) is 0 Å². The first-order chi connectivity index (χ1) is 16.1. The van der Waals surface area contributed by atoms with E-state index in [9.17, 15) is 4.79 Å². The van der Waals surface area contributed by atoms with E-state index < -0.39 is 0 Å². The van der Waals surface area contributed by atoms with Crippen LogP contribution in [0.4, 0.5) is 0 Å². The minimum absolute atomic E-state index is 0.0896. The maximum absolute atomic E-state index is 12.4. The number of ether oxygens (including phenoxy) is 1. The van der Waals surface area contributed by atoms with Gasteiger partial charge in [-0.3, -0.25) is 14.3 Å². The van der Waals surface area contributed by atoms with Crippen molar-refractivity contribution in [2.45, 2.75) is 38.6 Å². The molecular weight excluding hydrogens is 436 g/mol. The second-order valence-corrected chi connectivity index (χ2v) is 9.23. The van der Waals surface area contributed by atoms with Gasteiger partial charge < -0.3 is 10.1 Å². The quantitative estimate of drug-likeness (QED) is 0.445. The van der Waals surface area contributed by atoms with E-state index in [4.69, 9.17) is 4.74 Å². The minimum atomic E-state index is -0.145. The van der Waals surface area contributed by atoms with Gasteiger partial charge in [-0.15, -0.1) is 21.5 Å². The third kappa shape index (κ3) is 4.36. The summed E-state index contributed by atoms with van der Waals surface area (Å²) >= 11 is 1.69. The molecule has 0 atom stereocenters. The summed E-state index contributed by atoms with van der Waals surface area (Å²) in [5, 5.41) is 13.2. The van der Waals surface area contributed by atoms with Gasteiger partial charge in [-0.25, -0.2) is 4.98 Å². The van der Waals surface area contributed by atoms with E-state index in [0.29, 0.717) is 18.1 Å². The van der Waals surface area contributed by atoms with E-state index in [1.807, 2.05) is 25.1 Å². The molecule has 0 unspecified atom stereocenters. The Hall–Kier alpha value is -3.59. The van der Waals surface area contributed by atoms with Crippen molar-refractivity contribution >= 4 is 17.2 Å². The highest BCUT2D eigenvalue weighted by molar-refractivity contribution is 7.14. The van der Waals surface area contributed by atoms with Gasteiger partial charge in [-0.05, 0) is 63.1 Å². The van der Waals surface area contributed by atoms with Crippen molar-refractivity contribution in [1.29, 1.82) is 0 Å². The Bertz CT molecular complexity index is 1250. The van der Waals surface area contributed by atoms with Crippen LogP contribution >= 0.6 is 11.3 Å². The molecule has 8 nitrogen and oxygen atoms in total. The van der Waals surface area contributed by atoms with Gasteiger partial charge >= 0.3 is 0 Å². The smallest absolute Gasteiger partial charge is 0.270 e. The molecule has 4 heterocycles. The van der Waals surface area contributed by atoms with E-state index in [1.54, 1.807) is 35.9 Å². The molecule has 4 aromatic heterocycles. The molecule has 0 radical (unpaired) electrons. The third-order valence-corrected chi connectivity index (χ3v) is 6.63. The zero-order chi connectivity index (χ0) is 22.8.